The molecule has 0 radical (unpaired) electrons. The van der Waals surface area contributed by atoms with Crippen molar-refractivity contribution in [3.8, 4) is 5.75 Å². The molecule has 0 aliphatic carbocycles. The lowest BCUT2D eigenvalue weighted by Gasteiger charge is -2.09. The largest absolute Gasteiger partial charge is 0.494 e. The first kappa shape index (κ1) is 19.4. The Morgan fingerprint density at radius 1 is 0.778 bits per heavy atom. The van der Waals surface area contributed by atoms with Crippen LogP contribution in [0.15, 0.2) is 66.7 Å². The SMILES string of the molecule is OCCNCc1ccc2cc(OCCCCCc3ccccc3)ccc2c1. The van der Waals surface area contributed by atoms with Crippen LogP contribution in [0.2, 0.25) is 0 Å². The van der Waals surface area contributed by atoms with Gasteiger partial charge in [0.2, 0.25) is 0 Å². The predicted molar refractivity (Wildman–Crippen MR) is 112 cm³/mol. The summed E-state index contributed by atoms with van der Waals surface area (Å²) in [7, 11) is 0. The molecule has 0 unspecified atom stereocenters. The highest BCUT2D eigenvalue weighted by molar-refractivity contribution is 5.84. The standard InChI is InChI=1S/C24H29NO2/c26-15-14-25-19-21-10-11-23-18-24(13-12-22(23)17-21)27-16-6-2-5-9-20-7-3-1-4-8-20/h1,3-4,7-8,10-13,17-18,25-26H,2,5-6,9,14-16,19H2. The summed E-state index contributed by atoms with van der Waals surface area (Å²) in [6.07, 6.45) is 4.62. The average molecular weight is 364 g/mol. The van der Waals surface area contributed by atoms with E-state index in [4.69, 9.17) is 9.84 Å². The molecule has 0 atom stereocenters. The van der Waals surface area contributed by atoms with Crippen molar-refractivity contribution >= 4 is 10.8 Å². The smallest absolute Gasteiger partial charge is 0.119 e. The molecule has 0 spiro atoms. The molecule has 3 rings (SSSR count). The van der Waals surface area contributed by atoms with Crippen LogP contribution in [-0.4, -0.2) is 24.9 Å². The van der Waals surface area contributed by atoms with Gasteiger partial charge in [0.1, 0.15) is 5.75 Å². The van der Waals surface area contributed by atoms with Crippen LogP contribution >= 0.6 is 0 Å². The molecule has 3 aromatic carbocycles. The zero-order valence-corrected chi connectivity index (χ0v) is 15.9. The highest BCUT2D eigenvalue weighted by Gasteiger charge is 2.00. The van der Waals surface area contributed by atoms with Crippen molar-refractivity contribution in [1.29, 1.82) is 0 Å². The summed E-state index contributed by atoms with van der Waals surface area (Å²) in [6, 6.07) is 23.4. The minimum atomic E-state index is 0.167. The first-order valence-corrected chi connectivity index (χ1v) is 9.86. The minimum absolute atomic E-state index is 0.167. The van der Waals surface area contributed by atoms with Gasteiger partial charge >= 0.3 is 0 Å². The van der Waals surface area contributed by atoms with E-state index in [0.717, 1.165) is 31.7 Å². The Morgan fingerprint density at radius 2 is 1.59 bits per heavy atom. The van der Waals surface area contributed by atoms with E-state index in [9.17, 15) is 0 Å². The number of benzene rings is 3. The molecular weight excluding hydrogens is 334 g/mol. The van der Waals surface area contributed by atoms with Gasteiger partial charge in [0.05, 0.1) is 13.2 Å². The van der Waals surface area contributed by atoms with Gasteiger partial charge in [0, 0.05) is 13.1 Å². The molecule has 0 bridgehead atoms. The summed E-state index contributed by atoms with van der Waals surface area (Å²) in [5.41, 5.74) is 2.64. The Hall–Kier alpha value is -2.36. The molecular formula is C24H29NO2. The minimum Gasteiger partial charge on any atom is -0.494 e. The molecule has 0 saturated heterocycles. The van der Waals surface area contributed by atoms with Crippen molar-refractivity contribution in [3.05, 3.63) is 77.9 Å². The summed E-state index contributed by atoms with van der Waals surface area (Å²) in [4.78, 5) is 0. The summed E-state index contributed by atoms with van der Waals surface area (Å²) in [5, 5.41) is 14.5. The number of aliphatic hydroxyl groups is 1. The molecule has 0 aromatic heterocycles. The number of ether oxygens (including phenoxy) is 1. The highest BCUT2D eigenvalue weighted by atomic mass is 16.5. The summed E-state index contributed by atoms with van der Waals surface area (Å²) in [6.45, 7) is 2.33. The summed E-state index contributed by atoms with van der Waals surface area (Å²) >= 11 is 0. The second kappa shape index (κ2) is 10.7. The fourth-order valence-electron chi connectivity index (χ4n) is 3.23. The van der Waals surface area contributed by atoms with Crippen LogP contribution in [0, 0.1) is 0 Å². The Kier molecular flexibility index (Phi) is 7.69. The van der Waals surface area contributed by atoms with E-state index in [-0.39, 0.29) is 6.61 Å². The molecule has 0 aliphatic heterocycles. The molecule has 0 saturated carbocycles. The molecule has 3 nitrogen and oxygen atoms in total. The van der Waals surface area contributed by atoms with Crippen molar-refractivity contribution in [3.63, 3.8) is 0 Å². The van der Waals surface area contributed by atoms with Crippen molar-refractivity contribution in [2.75, 3.05) is 19.8 Å². The van der Waals surface area contributed by atoms with Crippen LogP contribution < -0.4 is 10.1 Å². The van der Waals surface area contributed by atoms with Crippen LogP contribution in [-0.2, 0) is 13.0 Å². The predicted octanol–water partition coefficient (Wildman–Crippen LogP) is 4.71. The lowest BCUT2D eigenvalue weighted by Crippen LogP contribution is -2.17. The van der Waals surface area contributed by atoms with E-state index in [0.29, 0.717) is 6.54 Å². The lowest BCUT2D eigenvalue weighted by atomic mass is 10.1. The number of unbranched alkanes of at least 4 members (excludes halogenated alkanes) is 2. The maximum absolute atomic E-state index is 8.84. The molecule has 0 amide bonds. The Labute approximate surface area is 162 Å². The van der Waals surface area contributed by atoms with Crippen LogP contribution in [0.3, 0.4) is 0 Å². The van der Waals surface area contributed by atoms with Gasteiger partial charge in [0.15, 0.2) is 0 Å². The molecule has 2 N–H and O–H groups in total. The van der Waals surface area contributed by atoms with Crippen LogP contribution in [0.4, 0.5) is 0 Å². The molecule has 0 fully saturated rings. The number of hydrogen-bond donors (Lipinski definition) is 2. The van der Waals surface area contributed by atoms with Crippen molar-refractivity contribution in [1.82, 2.24) is 5.32 Å². The molecule has 0 heterocycles. The first-order valence-electron chi connectivity index (χ1n) is 9.86. The molecule has 3 heteroatoms. The van der Waals surface area contributed by atoms with E-state index in [1.165, 1.54) is 34.7 Å². The average Bonchev–Trinajstić information content (AvgIpc) is 2.71. The second-order valence-electron chi connectivity index (χ2n) is 6.89. The topological polar surface area (TPSA) is 41.5 Å². The normalized spacial score (nSPS) is 11.0. The Balaban J connectivity index is 1.41. The van der Waals surface area contributed by atoms with Gasteiger partial charge in [-0.2, -0.15) is 0 Å². The molecule has 3 aromatic rings. The molecule has 27 heavy (non-hydrogen) atoms. The van der Waals surface area contributed by atoms with E-state index in [1.807, 2.05) is 0 Å². The maximum Gasteiger partial charge on any atom is 0.119 e. The van der Waals surface area contributed by atoms with E-state index in [1.54, 1.807) is 0 Å². The monoisotopic (exact) mass is 363 g/mol. The van der Waals surface area contributed by atoms with Crippen molar-refractivity contribution < 1.29 is 9.84 Å². The van der Waals surface area contributed by atoms with Gasteiger partial charge in [-0.25, -0.2) is 0 Å². The van der Waals surface area contributed by atoms with Gasteiger partial charge in [-0.15, -0.1) is 0 Å². The quantitative estimate of drug-likeness (QED) is 0.485. The van der Waals surface area contributed by atoms with Gasteiger partial charge in [0.25, 0.3) is 0 Å². The fourth-order valence-corrected chi connectivity index (χ4v) is 3.23. The zero-order chi connectivity index (χ0) is 18.7. The fraction of sp³-hybridized carbons (Fsp3) is 0.333. The molecule has 0 aliphatic rings. The van der Waals surface area contributed by atoms with E-state index >= 15 is 0 Å². The number of rotatable bonds is 11. The van der Waals surface area contributed by atoms with Crippen molar-refractivity contribution in [2.24, 2.45) is 0 Å². The third-order valence-corrected chi connectivity index (χ3v) is 4.72. The lowest BCUT2D eigenvalue weighted by molar-refractivity contribution is 0.292. The van der Waals surface area contributed by atoms with Crippen LogP contribution in [0.5, 0.6) is 5.75 Å². The van der Waals surface area contributed by atoms with Gasteiger partial charge in [-0.05, 0) is 65.8 Å². The highest BCUT2D eigenvalue weighted by Crippen LogP contribution is 2.22. The summed E-state index contributed by atoms with van der Waals surface area (Å²) in [5.74, 6) is 0.941. The number of fused-ring (bicyclic) bond motifs is 1. The van der Waals surface area contributed by atoms with Gasteiger partial charge in [-0.3, -0.25) is 0 Å². The van der Waals surface area contributed by atoms with E-state index < -0.39 is 0 Å². The number of aryl methyl sites for hydroxylation is 1. The number of aliphatic hydroxyl groups excluding tert-OH is 1. The van der Waals surface area contributed by atoms with Gasteiger partial charge < -0.3 is 15.2 Å². The van der Waals surface area contributed by atoms with E-state index in [2.05, 4.69) is 72.0 Å². The van der Waals surface area contributed by atoms with Gasteiger partial charge in [-0.1, -0.05) is 48.5 Å². The third kappa shape index (κ3) is 6.38. The first-order chi connectivity index (χ1) is 13.3. The Morgan fingerprint density at radius 3 is 2.44 bits per heavy atom. The van der Waals surface area contributed by atoms with Crippen LogP contribution in [0.25, 0.3) is 10.8 Å². The zero-order valence-electron chi connectivity index (χ0n) is 15.9. The maximum atomic E-state index is 8.84. The van der Waals surface area contributed by atoms with Crippen molar-refractivity contribution in [2.45, 2.75) is 32.2 Å². The third-order valence-electron chi connectivity index (χ3n) is 4.72. The summed E-state index contributed by atoms with van der Waals surface area (Å²) < 4.78 is 5.94. The number of hydrogen-bond acceptors (Lipinski definition) is 3. The Bertz CT molecular complexity index is 817. The van der Waals surface area contributed by atoms with Crippen LogP contribution in [0.1, 0.15) is 30.4 Å². The molecule has 142 valence electrons. The number of nitrogens with one attached hydrogen (secondary N) is 1. The second-order valence-corrected chi connectivity index (χ2v) is 6.89.